The monoisotopic (exact) mass is 290 g/mol. The van der Waals surface area contributed by atoms with Crippen LogP contribution < -0.4 is 5.32 Å². The summed E-state index contributed by atoms with van der Waals surface area (Å²) in [5.74, 6) is 2.16. The summed E-state index contributed by atoms with van der Waals surface area (Å²) in [5, 5.41) is 3.46. The van der Waals surface area contributed by atoms with Gasteiger partial charge in [0.05, 0.1) is 5.41 Å². The molecule has 3 nitrogen and oxygen atoms in total. The van der Waals surface area contributed by atoms with Gasteiger partial charge in [-0.15, -0.1) is 0 Å². The van der Waals surface area contributed by atoms with Gasteiger partial charge >= 0.3 is 0 Å². The molecule has 21 heavy (non-hydrogen) atoms. The molecule has 1 N–H and O–H groups in total. The van der Waals surface area contributed by atoms with Crippen molar-refractivity contribution in [3.8, 4) is 0 Å². The SMILES string of the molecule is CC1CNCC(C)N1C(=O)C12CC3CC(CC(C)(C3)C1)C2. The van der Waals surface area contributed by atoms with Gasteiger partial charge in [0.25, 0.3) is 0 Å². The van der Waals surface area contributed by atoms with E-state index in [2.05, 4.69) is 31.0 Å². The third-order valence-corrected chi connectivity index (χ3v) is 6.87. The van der Waals surface area contributed by atoms with Crippen LogP contribution in [0.4, 0.5) is 0 Å². The molecule has 0 aromatic rings. The number of nitrogens with one attached hydrogen (secondary N) is 1. The van der Waals surface area contributed by atoms with Gasteiger partial charge in [0.2, 0.25) is 5.91 Å². The second-order valence-corrected chi connectivity index (χ2v) is 9.12. The quantitative estimate of drug-likeness (QED) is 0.805. The Hall–Kier alpha value is -0.570. The van der Waals surface area contributed by atoms with Gasteiger partial charge in [-0.3, -0.25) is 4.79 Å². The highest BCUT2D eigenvalue weighted by molar-refractivity contribution is 5.84. The highest BCUT2D eigenvalue weighted by Gasteiger charge is 2.60. The Kier molecular flexibility index (Phi) is 2.99. The molecular weight excluding hydrogens is 260 g/mol. The van der Waals surface area contributed by atoms with E-state index in [0.29, 0.717) is 23.4 Å². The topological polar surface area (TPSA) is 32.3 Å². The minimum Gasteiger partial charge on any atom is -0.334 e. The Morgan fingerprint density at radius 3 is 2.14 bits per heavy atom. The van der Waals surface area contributed by atoms with Crippen LogP contribution in [0.3, 0.4) is 0 Å². The maximum absolute atomic E-state index is 13.5. The number of carbonyl (C=O) groups is 1. The van der Waals surface area contributed by atoms with Crippen molar-refractivity contribution in [1.82, 2.24) is 10.2 Å². The van der Waals surface area contributed by atoms with Crippen molar-refractivity contribution in [3.05, 3.63) is 0 Å². The van der Waals surface area contributed by atoms with E-state index in [1.807, 2.05) is 0 Å². The zero-order valence-corrected chi connectivity index (χ0v) is 13.8. The molecule has 5 rings (SSSR count). The van der Waals surface area contributed by atoms with E-state index in [1.165, 1.54) is 32.1 Å². The standard InChI is InChI=1S/C18H30N2O/c1-12-9-19-10-13(2)20(12)16(21)18-7-14-4-15(8-18)6-17(3,5-14)11-18/h12-15,19H,4-11H2,1-3H3. The van der Waals surface area contributed by atoms with Crippen molar-refractivity contribution in [3.63, 3.8) is 0 Å². The van der Waals surface area contributed by atoms with Crippen LogP contribution >= 0.6 is 0 Å². The molecule has 1 amide bonds. The van der Waals surface area contributed by atoms with Crippen molar-refractivity contribution in [2.24, 2.45) is 22.7 Å². The second-order valence-electron chi connectivity index (χ2n) is 9.12. The van der Waals surface area contributed by atoms with Crippen LogP contribution in [0.2, 0.25) is 0 Å². The molecule has 1 heterocycles. The molecule has 0 radical (unpaired) electrons. The first-order chi connectivity index (χ1) is 9.91. The van der Waals surface area contributed by atoms with Crippen molar-refractivity contribution < 1.29 is 4.79 Å². The average molecular weight is 290 g/mol. The van der Waals surface area contributed by atoms with Crippen molar-refractivity contribution in [2.45, 2.75) is 71.4 Å². The highest BCUT2D eigenvalue weighted by Crippen LogP contribution is 2.65. The van der Waals surface area contributed by atoms with Crippen molar-refractivity contribution in [1.29, 1.82) is 0 Å². The van der Waals surface area contributed by atoms with Gasteiger partial charge < -0.3 is 10.2 Å². The molecule has 1 aliphatic heterocycles. The van der Waals surface area contributed by atoms with Crippen LogP contribution in [-0.2, 0) is 4.79 Å². The number of rotatable bonds is 1. The largest absolute Gasteiger partial charge is 0.334 e. The smallest absolute Gasteiger partial charge is 0.229 e. The molecule has 3 heteroatoms. The summed E-state index contributed by atoms with van der Waals surface area (Å²) in [6, 6.07) is 0.698. The first-order valence-corrected chi connectivity index (χ1v) is 8.94. The predicted octanol–water partition coefficient (Wildman–Crippen LogP) is 2.80. The third-order valence-electron chi connectivity index (χ3n) is 6.87. The molecule has 118 valence electrons. The Bertz CT molecular complexity index is 436. The van der Waals surface area contributed by atoms with Gasteiger partial charge in [-0.1, -0.05) is 6.92 Å². The molecule has 0 aromatic heterocycles. The first kappa shape index (κ1) is 14.0. The molecule has 4 aliphatic carbocycles. The summed E-state index contributed by atoms with van der Waals surface area (Å²) in [4.78, 5) is 15.8. The predicted molar refractivity (Wildman–Crippen MR) is 83.9 cm³/mol. The van der Waals surface area contributed by atoms with E-state index in [1.54, 1.807) is 0 Å². The fourth-order valence-corrected chi connectivity index (χ4v) is 6.78. The molecule has 4 saturated carbocycles. The summed E-state index contributed by atoms with van der Waals surface area (Å²) in [5.41, 5.74) is 0.457. The van der Waals surface area contributed by atoms with Gasteiger partial charge in [-0.05, 0) is 69.6 Å². The number of nitrogens with zero attached hydrogens (tertiary/aromatic N) is 1. The van der Waals surface area contributed by atoms with E-state index in [-0.39, 0.29) is 5.41 Å². The Morgan fingerprint density at radius 1 is 1.05 bits per heavy atom. The lowest BCUT2D eigenvalue weighted by Crippen LogP contribution is -2.64. The lowest BCUT2D eigenvalue weighted by Gasteiger charge is -2.61. The normalized spacial score (nSPS) is 52.2. The van der Waals surface area contributed by atoms with Gasteiger partial charge in [0.1, 0.15) is 0 Å². The van der Waals surface area contributed by atoms with Crippen LogP contribution in [-0.4, -0.2) is 36.0 Å². The molecule has 4 unspecified atom stereocenters. The van der Waals surface area contributed by atoms with E-state index < -0.39 is 0 Å². The molecular formula is C18H30N2O. The number of amides is 1. The van der Waals surface area contributed by atoms with E-state index in [9.17, 15) is 4.79 Å². The minimum atomic E-state index is -0.00130. The van der Waals surface area contributed by atoms with Crippen LogP contribution in [0.25, 0.3) is 0 Å². The highest BCUT2D eigenvalue weighted by atomic mass is 16.2. The molecule has 0 spiro atoms. The average Bonchev–Trinajstić information content (AvgIpc) is 2.35. The summed E-state index contributed by atoms with van der Waals surface area (Å²) in [6.45, 7) is 8.79. The van der Waals surface area contributed by atoms with Crippen LogP contribution in [0, 0.1) is 22.7 Å². The number of hydrogen-bond acceptors (Lipinski definition) is 2. The fourth-order valence-electron chi connectivity index (χ4n) is 6.78. The molecule has 0 aromatic carbocycles. The molecule has 1 saturated heterocycles. The van der Waals surface area contributed by atoms with Crippen LogP contribution in [0.1, 0.15) is 59.3 Å². The van der Waals surface area contributed by atoms with Gasteiger partial charge in [-0.25, -0.2) is 0 Å². The summed E-state index contributed by atoms with van der Waals surface area (Å²) < 4.78 is 0. The Balaban J connectivity index is 1.64. The number of hydrogen-bond donors (Lipinski definition) is 1. The number of piperazine rings is 1. The molecule has 4 atom stereocenters. The van der Waals surface area contributed by atoms with Crippen molar-refractivity contribution >= 4 is 5.91 Å². The lowest BCUT2D eigenvalue weighted by atomic mass is 9.44. The molecule has 4 bridgehead atoms. The van der Waals surface area contributed by atoms with Gasteiger partial charge in [0.15, 0.2) is 0 Å². The summed E-state index contributed by atoms with van der Waals surface area (Å²) in [7, 11) is 0. The Morgan fingerprint density at radius 2 is 1.62 bits per heavy atom. The van der Waals surface area contributed by atoms with Gasteiger partial charge in [0, 0.05) is 25.2 Å². The maximum Gasteiger partial charge on any atom is 0.229 e. The zero-order valence-electron chi connectivity index (χ0n) is 13.8. The molecule has 5 fully saturated rings. The lowest BCUT2D eigenvalue weighted by molar-refractivity contribution is -0.171. The van der Waals surface area contributed by atoms with Gasteiger partial charge in [-0.2, -0.15) is 0 Å². The first-order valence-electron chi connectivity index (χ1n) is 8.94. The minimum absolute atomic E-state index is 0.00130. The van der Waals surface area contributed by atoms with Crippen LogP contribution in [0.15, 0.2) is 0 Å². The Labute approximate surface area is 128 Å². The summed E-state index contributed by atoms with van der Waals surface area (Å²) in [6.07, 6.45) is 7.69. The van der Waals surface area contributed by atoms with Crippen LogP contribution in [0.5, 0.6) is 0 Å². The van der Waals surface area contributed by atoms with Crippen molar-refractivity contribution in [2.75, 3.05) is 13.1 Å². The maximum atomic E-state index is 13.5. The van der Waals surface area contributed by atoms with E-state index in [4.69, 9.17) is 0 Å². The second kappa shape index (κ2) is 4.47. The summed E-state index contributed by atoms with van der Waals surface area (Å²) >= 11 is 0. The molecule has 5 aliphatic rings. The fraction of sp³-hybridized carbons (Fsp3) is 0.944. The van der Waals surface area contributed by atoms with E-state index >= 15 is 0 Å². The number of carbonyl (C=O) groups excluding carboxylic acids is 1. The third kappa shape index (κ3) is 2.07. The zero-order chi connectivity index (χ0) is 14.8. The van der Waals surface area contributed by atoms with E-state index in [0.717, 1.165) is 31.3 Å².